The number of anilines is 1. The normalized spacial score (nSPS) is 11.2. The van der Waals surface area contributed by atoms with Gasteiger partial charge in [-0.3, -0.25) is 4.79 Å². The lowest BCUT2D eigenvalue weighted by molar-refractivity contribution is -0.113. The van der Waals surface area contributed by atoms with Gasteiger partial charge in [-0.1, -0.05) is 73.1 Å². The molecule has 0 fully saturated rings. The van der Waals surface area contributed by atoms with Crippen LogP contribution < -0.4 is 5.32 Å². The summed E-state index contributed by atoms with van der Waals surface area (Å²) in [6.45, 7) is 4.33. The molecule has 33 heavy (non-hydrogen) atoms. The molecule has 10 heteroatoms. The van der Waals surface area contributed by atoms with Crippen molar-refractivity contribution in [2.75, 3.05) is 11.1 Å². The van der Waals surface area contributed by atoms with Crippen molar-refractivity contribution in [2.24, 2.45) is 7.05 Å². The van der Waals surface area contributed by atoms with Gasteiger partial charge < -0.3 is 9.88 Å². The first kappa shape index (κ1) is 23.8. The van der Waals surface area contributed by atoms with E-state index >= 15 is 0 Å². The van der Waals surface area contributed by atoms with Gasteiger partial charge in [-0.05, 0) is 29.7 Å². The topological polar surface area (TPSA) is 72.7 Å². The van der Waals surface area contributed by atoms with Crippen LogP contribution in [-0.2, 0) is 11.8 Å². The van der Waals surface area contributed by atoms with E-state index in [0.717, 1.165) is 17.0 Å². The highest BCUT2D eigenvalue weighted by atomic mass is 35.5. The van der Waals surface area contributed by atoms with Gasteiger partial charge in [0.25, 0.3) is 0 Å². The van der Waals surface area contributed by atoms with Crippen molar-refractivity contribution in [1.29, 1.82) is 0 Å². The Balaban J connectivity index is 1.37. The van der Waals surface area contributed by atoms with Crippen LogP contribution in [0, 0.1) is 0 Å². The molecule has 170 valence electrons. The van der Waals surface area contributed by atoms with Crippen molar-refractivity contribution in [3.8, 4) is 22.6 Å². The SMILES string of the molecule is CC(C)c1ccc(-c2nnc(SCC(=O)Nc3nc(-c4ccc(Cl)cc4Cl)cs3)n2C)cc1. The maximum absolute atomic E-state index is 12.5. The number of benzene rings is 2. The fourth-order valence-corrected chi connectivity index (χ4v) is 5.09. The second-order valence-electron chi connectivity index (χ2n) is 7.64. The van der Waals surface area contributed by atoms with Gasteiger partial charge in [0.1, 0.15) is 0 Å². The number of rotatable bonds is 7. The average molecular weight is 518 g/mol. The third-order valence-corrected chi connectivity index (χ3v) is 7.29. The number of hydrogen-bond acceptors (Lipinski definition) is 6. The molecule has 1 N–H and O–H groups in total. The lowest BCUT2D eigenvalue weighted by Gasteiger charge is -2.07. The summed E-state index contributed by atoms with van der Waals surface area (Å²) >= 11 is 14.9. The Hall–Kier alpha value is -2.39. The fourth-order valence-electron chi connectivity index (χ4n) is 3.15. The van der Waals surface area contributed by atoms with E-state index in [0.29, 0.717) is 31.9 Å². The standard InChI is InChI=1S/C23H21Cl2N5OS2/c1-13(2)14-4-6-15(7-5-14)21-28-29-23(30(21)3)33-12-20(31)27-22-26-19(11-32-22)17-9-8-16(24)10-18(17)25/h4-11,13H,12H2,1-3H3,(H,26,27,31). The van der Waals surface area contributed by atoms with Crippen molar-refractivity contribution >= 4 is 57.3 Å². The largest absolute Gasteiger partial charge is 0.305 e. The summed E-state index contributed by atoms with van der Waals surface area (Å²) in [5, 5.41) is 15.5. The summed E-state index contributed by atoms with van der Waals surface area (Å²) in [4.78, 5) is 16.9. The molecule has 2 aromatic heterocycles. The molecule has 0 radical (unpaired) electrons. The molecule has 4 rings (SSSR count). The van der Waals surface area contributed by atoms with Crippen molar-refractivity contribution in [1.82, 2.24) is 19.7 Å². The smallest absolute Gasteiger partial charge is 0.236 e. The van der Waals surface area contributed by atoms with Crippen LogP contribution in [0.4, 0.5) is 5.13 Å². The molecule has 2 heterocycles. The van der Waals surface area contributed by atoms with Gasteiger partial charge >= 0.3 is 0 Å². The first-order chi connectivity index (χ1) is 15.8. The van der Waals surface area contributed by atoms with E-state index in [1.807, 2.05) is 35.2 Å². The molecular weight excluding hydrogens is 497 g/mol. The first-order valence-corrected chi connectivity index (χ1v) is 12.8. The highest BCUT2D eigenvalue weighted by Gasteiger charge is 2.15. The number of amides is 1. The second kappa shape index (κ2) is 10.3. The Morgan fingerprint density at radius 2 is 1.91 bits per heavy atom. The number of carbonyl (C=O) groups is 1. The maximum Gasteiger partial charge on any atom is 0.236 e. The molecule has 0 atom stereocenters. The monoisotopic (exact) mass is 517 g/mol. The second-order valence-corrected chi connectivity index (χ2v) is 10.3. The van der Waals surface area contributed by atoms with Gasteiger partial charge in [-0.15, -0.1) is 21.5 Å². The van der Waals surface area contributed by atoms with Gasteiger partial charge in [0.2, 0.25) is 5.91 Å². The zero-order chi connectivity index (χ0) is 23.5. The van der Waals surface area contributed by atoms with E-state index in [-0.39, 0.29) is 11.7 Å². The molecule has 0 spiro atoms. The highest BCUT2D eigenvalue weighted by molar-refractivity contribution is 7.99. The zero-order valence-corrected chi connectivity index (χ0v) is 21.3. The van der Waals surface area contributed by atoms with Gasteiger partial charge in [0, 0.05) is 28.6 Å². The Morgan fingerprint density at radius 3 is 2.61 bits per heavy atom. The minimum Gasteiger partial charge on any atom is -0.305 e. The van der Waals surface area contributed by atoms with E-state index in [4.69, 9.17) is 23.2 Å². The number of hydrogen-bond donors (Lipinski definition) is 1. The molecule has 0 aliphatic carbocycles. The van der Waals surface area contributed by atoms with Crippen LogP contribution in [0.5, 0.6) is 0 Å². The molecule has 0 aliphatic heterocycles. The molecule has 2 aromatic carbocycles. The Bertz CT molecular complexity index is 1280. The first-order valence-electron chi connectivity index (χ1n) is 10.1. The number of halogens is 2. The lowest BCUT2D eigenvalue weighted by atomic mass is 10.0. The van der Waals surface area contributed by atoms with E-state index in [1.54, 1.807) is 12.1 Å². The number of carbonyl (C=O) groups excluding carboxylic acids is 1. The molecule has 4 aromatic rings. The van der Waals surface area contributed by atoms with Crippen LogP contribution in [0.2, 0.25) is 10.0 Å². The van der Waals surface area contributed by atoms with E-state index in [9.17, 15) is 4.79 Å². The van der Waals surface area contributed by atoms with Crippen molar-refractivity contribution in [2.45, 2.75) is 24.9 Å². The van der Waals surface area contributed by atoms with Crippen LogP contribution in [0.3, 0.4) is 0 Å². The van der Waals surface area contributed by atoms with Gasteiger partial charge in [0.15, 0.2) is 16.1 Å². The molecule has 0 bridgehead atoms. The predicted octanol–water partition coefficient (Wildman–Crippen LogP) is 6.77. The molecule has 0 aliphatic rings. The van der Waals surface area contributed by atoms with E-state index in [2.05, 4.69) is 46.5 Å². The van der Waals surface area contributed by atoms with Crippen molar-refractivity contribution < 1.29 is 4.79 Å². The summed E-state index contributed by atoms with van der Waals surface area (Å²) in [5.74, 6) is 1.25. The predicted molar refractivity (Wildman–Crippen MR) is 137 cm³/mol. The summed E-state index contributed by atoms with van der Waals surface area (Å²) in [5.41, 5.74) is 3.71. The summed E-state index contributed by atoms with van der Waals surface area (Å²) in [6, 6.07) is 13.5. The zero-order valence-electron chi connectivity index (χ0n) is 18.2. The summed E-state index contributed by atoms with van der Waals surface area (Å²) < 4.78 is 1.90. The van der Waals surface area contributed by atoms with E-state index < -0.39 is 0 Å². The molecule has 0 saturated heterocycles. The highest BCUT2D eigenvalue weighted by Crippen LogP contribution is 2.32. The summed E-state index contributed by atoms with van der Waals surface area (Å²) in [7, 11) is 1.90. The Kier molecular flexibility index (Phi) is 7.38. The molecule has 0 saturated carbocycles. The molecule has 1 amide bonds. The van der Waals surface area contributed by atoms with Gasteiger partial charge in [-0.2, -0.15) is 0 Å². The minimum absolute atomic E-state index is 0.172. The van der Waals surface area contributed by atoms with Crippen LogP contribution in [0.25, 0.3) is 22.6 Å². The van der Waals surface area contributed by atoms with Crippen LogP contribution >= 0.6 is 46.3 Å². The Morgan fingerprint density at radius 1 is 1.15 bits per heavy atom. The maximum atomic E-state index is 12.5. The third kappa shape index (κ3) is 5.58. The quantitative estimate of drug-likeness (QED) is 0.274. The molecular formula is C23H21Cl2N5OS2. The molecule has 6 nitrogen and oxygen atoms in total. The minimum atomic E-state index is -0.172. The lowest BCUT2D eigenvalue weighted by Crippen LogP contribution is -2.14. The number of thioether (sulfide) groups is 1. The number of thiazole rings is 1. The van der Waals surface area contributed by atoms with Crippen LogP contribution in [0.15, 0.2) is 53.0 Å². The van der Waals surface area contributed by atoms with Crippen molar-refractivity contribution in [3.63, 3.8) is 0 Å². The van der Waals surface area contributed by atoms with Crippen molar-refractivity contribution in [3.05, 3.63) is 63.5 Å². The van der Waals surface area contributed by atoms with Gasteiger partial charge in [-0.25, -0.2) is 4.98 Å². The summed E-state index contributed by atoms with van der Waals surface area (Å²) in [6.07, 6.45) is 0. The number of nitrogens with zero attached hydrogens (tertiary/aromatic N) is 4. The fraction of sp³-hybridized carbons (Fsp3) is 0.217. The molecule has 0 unspecified atom stereocenters. The average Bonchev–Trinajstić information content (AvgIpc) is 3.39. The van der Waals surface area contributed by atoms with Crippen LogP contribution in [0.1, 0.15) is 25.3 Å². The Labute approximate surface area is 210 Å². The number of nitrogens with one attached hydrogen (secondary N) is 1. The van der Waals surface area contributed by atoms with Crippen LogP contribution in [-0.4, -0.2) is 31.4 Å². The van der Waals surface area contributed by atoms with Gasteiger partial charge in [0.05, 0.1) is 16.5 Å². The van der Waals surface area contributed by atoms with E-state index in [1.165, 1.54) is 28.7 Å². The number of aromatic nitrogens is 4. The third-order valence-electron chi connectivity index (χ3n) is 4.96.